The number of hydrogen-bond donors (Lipinski definition) is 2. The van der Waals surface area contributed by atoms with Crippen molar-refractivity contribution in [2.24, 2.45) is 4.99 Å². The number of benzene rings is 1. The highest BCUT2D eigenvalue weighted by molar-refractivity contribution is 14.0. The molecule has 5 nitrogen and oxygen atoms in total. The van der Waals surface area contributed by atoms with Crippen molar-refractivity contribution in [3.63, 3.8) is 0 Å². The number of aliphatic imine (C=N–C) groups is 1. The first-order valence-electron chi connectivity index (χ1n) is 10.6. The number of likely N-dealkylation sites (tertiary alicyclic amines) is 1. The van der Waals surface area contributed by atoms with Gasteiger partial charge in [-0.3, -0.25) is 4.99 Å². The van der Waals surface area contributed by atoms with Gasteiger partial charge in [-0.1, -0.05) is 24.3 Å². The van der Waals surface area contributed by atoms with E-state index in [0.29, 0.717) is 18.0 Å². The Balaban J connectivity index is 0.00000280. The second kappa shape index (κ2) is 12.0. The fourth-order valence-corrected chi connectivity index (χ4v) is 4.09. The minimum atomic E-state index is 0. The highest BCUT2D eigenvalue weighted by Crippen LogP contribution is 2.42. The summed E-state index contributed by atoms with van der Waals surface area (Å²) in [4.78, 5) is 7.24. The van der Waals surface area contributed by atoms with Gasteiger partial charge < -0.3 is 20.3 Å². The number of ether oxygens (including phenoxy) is 1. The number of methoxy groups -OCH3 is 1. The van der Waals surface area contributed by atoms with Crippen LogP contribution in [0.4, 0.5) is 0 Å². The van der Waals surface area contributed by atoms with Gasteiger partial charge in [0.2, 0.25) is 0 Å². The Morgan fingerprint density at radius 1 is 1.21 bits per heavy atom. The summed E-state index contributed by atoms with van der Waals surface area (Å²) in [7, 11) is 1.78. The maximum atomic E-state index is 5.16. The largest absolute Gasteiger partial charge is 0.385 e. The third kappa shape index (κ3) is 6.88. The zero-order valence-electron chi connectivity index (χ0n) is 17.6. The first-order valence-corrected chi connectivity index (χ1v) is 10.6. The van der Waals surface area contributed by atoms with E-state index in [1.165, 1.54) is 30.4 Å². The van der Waals surface area contributed by atoms with E-state index in [4.69, 9.17) is 9.73 Å². The summed E-state index contributed by atoms with van der Waals surface area (Å²) in [6.07, 6.45) is 4.69. The van der Waals surface area contributed by atoms with Crippen LogP contribution in [-0.4, -0.2) is 62.8 Å². The Labute approximate surface area is 187 Å². The zero-order chi connectivity index (χ0) is 19.1. The van der Waals surface area contributed by atoms with E-state index < -0.39 is 0 Å². The number of nitrogens with one attached hydrogen (secondary N) is 2. The van der Waals surface area contributed by atoms with Crippen molar-refractivity contribution < 1.29 is 4.74 Å². The number of piperidine rings is 1. The van der Waals surface area contributed by atoms with Crippen molar-refractivity contribution in [3.05, 3.63) is 35.4 Å². The van der Waals surface area contributed by atoms with Crippen LogP contribution in [0.2, 0.25) is 0 Å². The molecule has 0 aromatic heterocycles. The van der Waals surface area contributed by atoms with Gasteiger partial charge in [0.15, 0.2) is 5.96 Å². The number of nitrogens with zero attached hydrogens (tertiary/aromatic N) is 2. The lowest BCUT2D eigenvalue weighted by Crippen LogP contribution is -2.49. The predicted octanol–water partition coefficient (Wildman–Crippen LogP) is 3.52. The van der Waals surface area contributed by atoms with Crippen LogP contribution >= 0.6 is 24.0 Å². The quantitative estimate of drug-likeness (QED) is 0.248. The van der Waals surface area contributed by atoms with Crippen LogP contribution in [0.5, 0.6) is 0 Å². The molecule has 1 aromatic carbocycles. The Morgan fingerprint density at radius 3 is 2.64 bits per heavy atom. The molecule has 0 bridgehead atoms. The van der Waals surface area contributed by atoms with E-state index in [9.17, 15) is 0 Å². The molecule has 2 atom stereocenters. The summed E-state index contributed by atoms with van der Waals surface area (Å²) in [6.45, 7) is 9.46. The molecule has 2 unspecified atom stereocenters. The van der Waals surface area contributed by atoms with Crippen LogP contribution in [0, 0.1) is 6.92 Å². The molecule has 1 aliphatic heterocycles. The average Bonchev–Trinajstić information content (AvgIpc) is 3.43. The molecule has 158 valence electrons. The summed E-state index contributed by atoms with van der Waals surface area (Å²) < 4.78 is 5.16. The van der Waals surface area contributed by atoms with Crippen molar-refractivity contribution in [3.8, 4) is 0 Å². The molecular formula is C22H37IN4O. The lowest BCUT2D eigenvalue weighted by atomic mass is 10.0. The van der Waals surface area contributed by atoms with Gasteiger partial charge in [-0.05, 0) is 50.7 Å². The molecular weight excluding hydrogens is 463 g/mol. The Bertz CT molecular complexity index is 616. The number of guanidine groups is 1. The molecule has 1 aromatic rings. The molecule has 1 saturated carbocycles. The third-order valence-corrected chi connectivity index (χ3v) is 5.77. The molecule has 6 heteroatoms. The molecule has 2 aliphatic rings. The number of aryl methyl sites for hydroxylation is 1. The minimum absolute atomic E-state index is 0. The molecule has 1 saturated heterocycles. The van der Waals surface area contributed by atoms with Crippen LogP contribution < -0.4 is 10.6 Å². The van der Waals surface area contributed by atoms with E-state index >= 15 is 0 Å². The number of hydrogen-bond acceptors (Lipinski definition) is 3. The molecule has 0 radical (unpaired) electrons. The van der Waals surface area contributed by atoms with Gasteiger partial charge in [0.25, 0.3) is 0 Å². The Hall–Kier alpha value is -0.860. The van der Waals surface area contributed by atoms with E-state index in [1.807, 2.05) is 0 Å². The van der Waals surface area contributed by atoms with E-state index in [-0.39, 0.29) is 24.0 Å². The van der Waals surface area contributed by atoms with Gasteiger partial charge in [-0.2, -0.15) is 0 Å². The van der Waals surface area contributed by atoms with Crippen molar-refractivity contribution >= 4 is 29.9 Å². The second-order valence-corrected chi connectivity index (χ2v) is 7.88. The summed E-state index contributed by atoms with van der Waals surface area (Å²) in [5.41, 5.74) is 2.88. The molecule has 28 heavy (non-hydrogen) atoms. The first-order chi connectivity index (χ1) is 13.2. The van der Waals surface area contributed by atoms with Gasteiger partial charge in [-0.25, -0.2) is 0 Å². The Kier molecular flexibility index (Phi) is 10.0. The molecule has 2 N–H and O–H groups in total. The molecule has 1 aliphatic carbocycles. The molecule has 1 heterocycles. The van der Waals surface area contributed by atoms with Crippen LogP contribution in [-0.2, 0) is 4.74 Å². The normalized spacial score (nSPS) is 23.2. The van der Waals surface area contributed by atoms with Gasteiger partial charge in [-0.15, -0.1) is 24.0 Å². The maximum absolute atomic E-state index is 5.16. The van der Waals surface area contributed by atoms with E-state index in [1.54, 1.807) is 7.11 Å². The fourth-order valence-electron chi connectivity index (χ4n) is 4.09. The number of rotatable bonds is 8. The molecule has 0 amide bonds. The maximum Gasteiger partial charge on any atom is 0.191 e. The summed E-state index contributed by atoms with van der Waals surface area (Å²) in [6, 6.07) is 9.79. The van der Waals surface area contributed by atoms with Gasteiger partial charge in [0, 0.05) is 57.9 Å². The van der Waals surface area contributed by atoms with Crippen LogP contribution in [0.15, 0.2) is 29.3 Å². The lowest BCUT2D eigenvalue weighted by molar-refractivity contribution is 0.155. The first kappa shape index (κ1) is 23.4. The zero-order valence-corrected chi connectivity index (χ0v) is 19.9. The lowest BCUT2D eigenvalue weighted by Gasteiger charge is -2.33. The predicted molar refractivity (Wildman–Crippen MR) is 128 cm³/mol. The SMILES string of the molecule is CCN=C(NC1CCN(CCCOC)CC1)NC1CC1c1ccccc1C.I. The second-order valence-electron chi connectivity index (χ2n) is 7.88. The molecule has 3 rings (SSSR count). The van der Waals surface area contributed by atoms with Crippen LogP contribution in [0.3, 0.4) is 0 Å². The minimum Gasteiger partial charge on any atom is -0.385 e. The molecule has 0 spiro atoms. The Morgan fingerprint density at radius 2 is 1.96 bits per heavy atom. The molecule has 2 fully saturated rings. The van der Waals surface area contributed by atoms with Crippen LogP contribution in [0.1, 0.15) is 49.7 Å². The van der Waals surface area contributed by atoms with Crippen molar-refractivity contribution in [2.45, 2.75) is 57.5 Å². The van der Waals surface area contributed by atoms with Gasteiger partial charge in [0.1, 0.15) is 0 Å². The van der Waals surface area contributed by atoms with Gasteiger partial charge >= 0.3 is 0 Å². The van der Waals surface area contributed by atoms with E-state index in [0.717, 1.165) is 45.2 Å². The summed E-state index contributed by atoms with van der Waals surface area (Å²) in [5, 5.41) is 7.37. The highest BCUT2D eigenvalue weighted by Gasteiger charge is 2.40. The highest BCUT2D eigenvalue weighted by atomic mass is 127. The topological polar surface area (TPSA) is 48.9 Å². The third-order valence-electron chi connectivity index (χ3n) is 5.77. The number of halogens is 1. The average molecular weight is 500 g/mol. The van der Waals surface area contributed by atoms with Crippen molar-refractivity contribution in [1.82, 2.24) is 15.5 Å². The smallest absolute Gasteiger partial charge is 0.191 e. The fraction of sp³-hybridized carbons (Fsp3) is 0.682. The van der Waals surface area contributed by atoms with Crippen molar-refractivity contribution in [2.75, 3.05) is 39.9 Å². The monoisotopic (exact) mass is 500 g/mol. The standard InChI is InChI=1S/C22H36N4O.HI/c1-4-23-22(24-18-10-13-26(14-11-18)12-7-15-27-3)25-21-16-20(21)19-9-6-5-8-17(19)2;/h5-6,8-9,18,20-21H,4,7,10-16H2,1-3H3,(H2,23,24,25);1H. The van der Waals surface area contributed by atoms with E-state index in [2.05, 4.69) is 53.6 Å². The van der Waals surface area contributed by atoms with Gasteiger partial charge in [0.05, 0.1) is 0 Å². The summed E-state index contributed by atoms with van der Waals surface area (Å²) >= 11 is 0. The summed E-state index contributed by atoms with van der Waals surface area (Å²) in [5.74, 6) is 1.62. The van der Waals surface area contributed by atoms with Crippen molar-refractivity contribution in [1.29, 1.82) is 0 Å². The van der Waals surface area contributed by atoms with Crippen LogP contribution in [0.25, 0.3) is 0 Å².